The van der Waals surface area contributed by atoms with Gasteiger partial charge in [0.05, 0.1) is 12.7 Å². The minimum absolute atomic E-state index is 0.450. The van der Waals surface area contributed by atoms with Gasteiger partial charge in [0, 0.05) is 6.61 Å². The number of rotatable bonds is 8. The highest BCUT2D eigenvalue weighted by molar-refractivity contribution is 9.72. The summed E-state index contributed by atoms with van der Waals surface area (Å²) in [6, 6.07) is 9.78. The normalized spacial score (nSPS) is 22.1. The monoisotopic (exact) mass is 526 g/mol. The van der Waals surface area contributed by atoms with Crippen LogP contribution < -0.4 is 4.74 Å². The summed E-state index contributed by atoms with van der Waals surface area (Å²) in [5.74, 6) is 1.65. The van der Waals surface area contributed by atoms with Gasteiger partial charge >= 0.3 is 0 Å². The van der Waals surface area contributed by atoms with Gasteiger partial charge in [-0.2, -0.15) is 0 Å². The molecule has 2 nitrogen and oxygen atoms in total. The van der Waals surface area contributed by atoms with Crippen molar-refractivity contribution in [2.24, 2.45) is 0 Å². The van der Waals surface area contributed by atoms with Crippen molar-refractivity contribution in [1.29, 1.82) is 0 Å². The largest absolute Gasteiger partial charge is 0.494 e. The van der Waals surface area contributed by atoms with Crippen LogP contribution in [0.3, 0.4) is 0 Å². The molecule has 1 saturated carbocycles. The second kappa shape index (κ2) is 9.95. The molecule has 23 heavy (non-hydrogen) atoms. The summed E-state index contributed by atoms with van der Waals surface area (Å²) < 4.78 is 10.1. The van der Waals surface area contributed by atoms with Crippen LogP contribution in [-0.2, 0) is 4.74 Å². The topological polar surface area (TPSA) is 18.5 Å². The van der Waals surface area contributed by atoms with E-state index in [9.17, 15) is 0 Å². The van der Waals surface area contributed by atoms with Gasteiger partial charge in [-0.3, -0.25) is 0 Å². The van der Waals surface area contributed by atoms with E-state index in [1.54, 1.807) is 0 Å². The molecule has 0 saturated heterocycles. The molecule has 1 aliphatic rings. The molecule has 0 aromatic heterocycles. The van der Waals surface area contributed by atoms with Crippen molar-refractivity contribution in [2.75, 3.05) is 13.2 Å². The SMILES string of the molecule is CCOc1ccc([C@H]2CC[C@H](OCCC[Si](Br)(Br)Br)CC2)cc1. The lowest BCUT2D eigenvalue weighted by molar-refractivity contribution is 0.0251. The first kappa shape index (κ1) is 20.0. The molecule has 0 heterocycles. The second-order valence-electron chi connectivity index (χ2n) is 6.07. The average Bonchev–Trinajstić information content (AvgIpc) is 2.52. The Kier molecular flexibility index (Phi) is 8.63. The average molecular weight is 529 g/mol. The van der Waals surface area contributed by atoms with Crippen LogP contribution in [0.1, 0.15) is 50.5 Å². The standard InChI is InChI=1S/C17H25Br3O2Si/c1-2-21-16-8-4-14(5-9-16)15-6-10-17(11-7-15)22-12-3-13-23(18,19)20/h4-5,8-9,15,17H,2-3,6-7,10-13H2,1H3/t15-,17-. The summed E-state index contributed by atoms with van der Waals surface area (Å²) in [5.41, 5.74) is 1.44. The summed E-state index contributed by atoms with van der Waals surface area (Å²) in [4.78, 5) is 0. The zero-order chi connectivity index (χ0) is 16.7. The summed E-state index contributed by atoms with van der Waals surface area (Å²) in [6.45, 7) is 3.62. The van der Waals surface area contributed by atoms with Crippen molar-refractivity contribution in [3.8, 4) is 5.75 Å². The molecule has 130 valence electrons. The molecule has 0 aliphatic heterocycles. The van der Waals surface area contributed by atoms with E-state index in [0.717, 1.165) is 31.4 Å². The Bertz CT molecular complexity index is 454. The van der Waals surface area contributed by atoms with E-state index in [1.807, 2.05) is 6.92 Å². The summed E-state index contributed by atoms with van der Waals surface area (Å²) in [5, 5.41) is 0. The van der Waals surface area contributed by atoms with Gasteiger partial charge in [-0.25, -0.2) is 0 Å². The molecule has 0 spiro atoms. The van der Waals surface area contributed by atoms with Crippen molar-refractivity contribution in [1.82, 2.24) is 0 Å². The Morgan fingerprint density at radius 2 is 1.70 bits per heavy atom. The third-order valence-corrected chi connectivity index (χ3v) is 8.78. The Labute approximate surface area is 164 Å². The van der Waals surface area contributed by atoms with Gasteiger partial charge in [0.1, 0.15) is 5.75 Å². The molecule has 1 aliphatic carbocycles. The number of halogens is 3. The predicted octanol–water partition coefficient (Wildman–Crippen LogP) is 6.64. The van der Waals surface area contributed by atoms with Crippen molar-refractivity contribution in [3.63, 3.8) is 0 Å². The summed E-state index contributed by atoms with van der Waals surface area (Å²) >= 11 is 11.0. The molecule has 1 fully saturated rings. The maximum absolute atomic E-state index is 6.05. The molecule has 0 bridgehead atoms. The molecule has 0 unspecified atom stereocenters. The van der Waals surface area contributed by atoms with Crippen LogP contribution in [0.25, 0.3) is 0 Å². The smallest absolute Gasteiger partial charge is 0.267 e. The quantitative estimate of drug-likeness (QED) is 0.214. The highest BCUT2D eigenvalue weighted by Gasteiger charge is 2.24. The third kappa shape index (κ3) is 7.59. The van der Waals surface area contributed by atoms with E-state index in [1.165, 1.54) is 31.2 Å². The molecule has 0 atom stereocenters. The fraction of sp³-hybridized carbons (Fsp3) is 0.647. The van der Waals surface area contributed by atoms with Crippen LogP contribution in [0.5, 0.6) is 5.75 Å². The number of hydrogen-bond acceptors (Lipinski definition) is 2. The van der Waals surface area contributed by atoms with Crippen LogP contribution in [-0.4, -0.2) is 23.2 Å². The minimum atomic E-state index is -1.46. The van der Waals surface area contributed by atoms with Gasteiger partial charge in [0.25, 0.3) is 3.93 Å². The Morgan fingerprint density at radius 3 is 2.26 bits per heavy atom. The fourth-order valence-electron chi connectivity index (χ4n) is 3.09. The summed E-state index contributed by atoms with van der Waals surface area (Å²) in [7, 11) is 0. The number of hydrogen-bond donors (Lipinski definition) is 0. The molecule has 1 aromatic rings. The molecular weight excluding hydrogens is 504 g/mol. The molecule has 2 rings (SSSR count). The molecule has 0 amide bonds. The van der Waals surface area contributed by atoms with Crippen LogP contribution in [0.4, 0.5) is 0 Å². The lowest BCUT2D eigenvalue weighted by Gasteiger charge is -2.29. The Morgan fingerprint density at radius 1 is 1.04 bits per heavy atom. The molecule has 0 radical (unpaired) electrons. The number of ether oxygens (including phenoxy) is 2. The van der Waals surface area contributed by atoms with Gasteiger partial charge in [-0.1, -0.05) is 58.0 Å². The first-order chi connectivity index (χ1) is 11.0. The van der Waals surface area contributed by atoms with Crippen LogP contribution in [0, 0.1) is 0 Å². The minimum Gasteiger partial charge on any atom is -0.494 e. The van der Waals surface area contributed by atoms with Gasteiger partial charge < -0.3 is 9.47 Å². The first-order valence-corrected chi connectivity index (χ1v) is 17.4. The molecule has 0 N–H and O–H groups in total. The fourth-order valence-corrected chi connectivity index (χ4v) is 6.16. The predicted molar refractivity (Wildman–Crippen MR) is 111 cm³/mol. The lowest BCUT2D eigenvalue weighted by Crippen LogP contribution is -2.21. The van der Waals surface area contributed by atoms with Crippen LogP contribution in [0.2, 0.25) is 6.04 Å². The summed E-state index contributed by atoms with van der Waals surface area (Å²) in [6.07, 6.45) is 6.37. The van der Waals surface area contributed by atoms with E-state index in [4.69, 9.17) is 9.47 Å². The Hall–Kier alpha value is 0.637. The van der Waals surface area contributed by atoms with Crippen LogP contribution in [0.15, 0.2) is 24.3 Å². The first-order valence-electron chi connectivity index (χ1n) is 8.39. The maximum atomic E-state index is 6.05. The highest BCUT2D eigenvalue weighted by atomic mass is 80.0. The zero-order valence-corrected chi connectivity index (χ0v) is 19.3. The molecule has 6 heteroatoms. The molecule has 1 aromatic carbocycles. The highest BCUT2D eigenvalue weighted by Crippen LogP contribution is 2.35. The number of benzene rings is 1. The lowest BCUT2D eigenvalue weighted by atomic mass is 9.83. The van der Waals surface area contributed by atoms with Crippen molar-refractivity contribution in [2.45, 2.75) is 57.1 Å². The van der Waals surface area contributed by atoms with E-state index in [0.29, 0.717) is 12.0 Å². The van der Waals surface area contributed by atoms with E-state index in [-0.39, 0.29) is 0 Å². The van der Waals surface area contributed by atoms with E-state index < -0.39 is 3.93 Å². The maximum Gasteiger partial charge on any atom is 0.267 e. The van der Waals surface area contributed by atoms with E-state index in [2.05, 4.69) is 70.1 Å². The second-order valence-corrected chi connectivity index (χ2v) is 29.6. The van der Waals surface area contributed by atoms with Crippen molar-refractivity contribution in [3.05, 3.63) is 29.8 Å². The zero-order valence-electron chi connectivity index (χ0n) is 13.6. The van der Waals surface area contributed by atoms with Gasteiger partial charge in [0.15, 0.2) is 0 Å². The van der Waals surface area contributed by atoms with Crippen molar-refractivity contribution < 1.29 is 9.47 Å². The molecular formula is C17H25Br3O2Si. The Balaban J connectivity index is 1.69. The third-order valence-electron chi connectivity index (χ3n) is 4.29. The van der Waals surface area contributed by atoms with Gasteiger partial charge in [0.2, 0.25) is 0 Å². The van der Waals surface area contributed by atoms with Gasteiger partial charge in [-0.15, -0.1) is 0 Å². The van der Waals surface area contributed by atoms with Crippen molar-refractivity contribution >= 4 is 49.8 Å². The van der Waals surface area contributed by atoms with Gasteiger partial charge in [-0.05, 0) is 68.7 Å². The van der Waals surface area contributed by atoms with Crippen LogP contribution >= 0.6 is 45.9 Å². The van der Waals surface area contributed by atoms with E-state index >= 15 is 0 Å².